The molecule has 1 N–H and O–H groups in total. The standard InChI is InChI=1S/C19H21FN2O3S/c1-22(19(18(24)25)8-3-2-4-9-19)16(23)11-15-12-26-17(21-15)13-6-5-7-14(20)10-13/h5-7,10,12H,2-4,8-9,11H2,1H3,(H,24,25). The van der Waals surface area contributed by atoms with Crippen molar-refractivity contribution in [3.63, 3.8) is 0 Å². The molecule has 0 saturated heterocycles. The molecule has 0 radical (unpaired) electrons. The molecule has 5 nitrogen and oxygen atoms in total. The lowest BCUT2D eigenvalue weighted by Crippen LogP contribution is -2.56. The van der Waals surface area contributed by atoms with Gasteiger partial charge in [-0.25, -0.2) is 14.2 Å². The number of halogens is 1. The third-order valence-corrected chi connectivity index (χ3v) is 5.99. The van der Waals surface area contributed by atoms with Gasteiger partial charge >= 0.3 is 5.97 Å². The molecular weight excluding hydrogens is 355 g/mol. The van der Waals surface area contributed by atoms with Crippen LogP contribution in [0.25, 0.3) is 10.6 Å². The molecule has 26 heavy (non-hydrogen) atoms. The summed E-state index contributed by atoms with van der Waals surface area (Å²) in [7, 11) is 1.57. The topological polar surface area (TPSA) is 70.5 Å². The first kappa shape index (κ1) is 18.5. The zero-order chi connectivity index (χ0) is 18.7. The molecule has 2 aromatic rings. The second-order valence-corrected chi connectivity index (χ2v) is 7.54. The van der Waals surface area contributed by atoms with Gasteiger partial charge in [-0.05, 0) is 25.0 Å². The number of aromatic nitrogens is 1. The molecule has 7 heteroatoms. The minimum atomic E-state index is -1.11. The van der Waals surface area contributed by atoms with Crippen LogP contribution in [0.3, 0.4) is 0 Å². The number of amides is 1. The zero-order valence-corrected chi connectivity index (χ0v) is 15.4. The van der Waals surface area contributed by atoms with E-state index in [9.17, 15) is 19.1 Å². The fourth-order valence-electron chi connectivity index (χ4n) is 3.48. The molecule has 1 fully saturated rings. The van der Waals surface area contributed by atoms with Gasteiger partial charge in [0.2, 0.25) is 5.91 Å². The maximum Gasteiger partial charge on any atom is 0.329 e. The molecular formula is C19H21FN2O3S. The Hall–Kier alpha value is -2.28. The number of carbonyl (C=O) groups is 2. The molecule has 0 atom stereocenters. The maximum atomic E-state index is 13.4. The number of carboxylic acids is 1. The highest BCUT2D eigenvalue weighted by molar-refractivity contribution is 7.13. The van der Waals surface area contributed by atoms with E-state index in [2.05, 4.69) is 4.98 Å². The Morgan fingerprint density at radius 1 is 1.31 bits per heavy atom. The fraction of sp³-hybridized carbons (Fsp3) is 0.421. The van der Waals surface area contributed by atoms with E-state index in [1.807, 2.05) is 0 Å². The third-order valence-electron chi connectivity index (χ3n) is 5.05. The van der Waals surface area contributed by atoms with Crippen molar-refractivity contribution in [3.05, 3.63) is 41.2 Å². The van der Waals surface area contributed by atoms with E-state index in [4.69, 9.17) is 0 Å². The van der Waals surface area contributed by atoms with Gasteiger partial charge in [-0.1, -0.05) is 31.4 Å². The van der Waals surface area contributed by atoms with Crippen LogP contribution in [-0.2, 0) is 16.0 Å². The molecule has 1 aromatic carbocycles. The SMILES string of the molecule is CN(C(=O)Cc1csc(-c2cccc(F)c2)n1)C1(C(=O)O)CCCCC1. The Labute approximate surface area is 155 Å². The van der Waals surface area contributed by atoms with Gasteiger partial charge in [0.1, 0.15) is 16.4 Å². The average Bonchev–Trinajstić information content (AvgIpc) is 3.10. The monoisotopic (exact) mass is 376 g/mol. The van der Waals surface area contributed by atoms with E-state index >= 15 is 0 Å². The number of carboxylic acid groups (broad SMARTS) is 1. The van der Waals surface area contributed by atoms with Crippen LogP contribution in [0.4, 0.5) is 4.39 Å². The van der Waals surface area contributed by atoms with E-state index in [1.165, 1.54) is 28.4 Å². The summed E-state index contributed by atoms with van der Waals surface area (Å²) in [6, 6.07) is 6.15. The molecule has 1 heterocycles. The quantitative estimate of drug-likeness (QED) is 0.863. The summed E-state index contributed by atoms with van der Waals surface area (Å²) >= 11 is 1.34. The highest BCUT2D eigenvalue weighted by Gasteiger charge is 2.45. The van der Waals surface area contributed by atoms with Crippen molar-refractivity contribution in [1.82, 2.24) is 9.88 Å². The first-order valence-electron chi connectivity index (χ1n) is 8.63. The summed E-state index contributed by atoms with van der Waals surface area (Å²) in [5, 5.41) is 12.1. The fourth-order valence-corrected chi connectivity index (χ4v) is 4.30. The molecule has 0 aliphatic heterocycles. The Morgan fingerprint density at radius 2 is 2.04 bits per heavy atom. The van der Waals surface area contributed by atoms with Gasteiger partial charge in [-0.3, -0.25) is 4.79 Å². The highest BCUT2D eigenvalue weighted by atomic mass is 32.1. The van der Waals surface area contributed by atoms with E-state index < -0.39 is 11.5 Å². The van der Waals surface area contributed by atoms with Gasteiger partial charge < -0.3 is 10.0 Å². The molecule has 0 spiro atoms. The third kappa shape index (κ3) is 3.62. The van der Waals surface area contributed by atoms with Crippen molar-refractivity contribution in [2.75, 3.05) is 7.05 Å². The van der Waals surface area contributed by atoms with Gasteiger partial charge in [0.05, 0.1) is 12.1 Å². The maximum absolute atomic E-state index is 13.4. The Morgan fingerprint density at radius 3 is 2.69 bits per heavy atom. The van der Waals surface area contributed by atoms with Gasteiger partial charge in [0.15, 0.2) is 0 Å². The van der Waals surface area contributed by atoms with Gasteiger partial charge in [0.25, 0.3) is 0 Å². The van der Waals surface area contributed by atoms with E-state index in [-0.39, 0.29) is 18.1 Å². The predicted octanol–water partition coefficient (Wildman–Crippen LogP) is 3.74. The molecule has 1 aliphatic carbocycles. The van der Waals surface area contributed by atoms with Crippen molar-refractivity contribution >= 4 is 23.2 Å². The van der Waals surface area contributed by atoms with Crippen molar-refractivity contribution in [1.29, 1.82) is 0 Å². The summed E-state index contributed by atoms with van der Waals surface area (Å²) in [4.78, 5) is 30.3. The lowest BCUT2D eigenvalue weighted by Gasteiger charge is -2.41. The predicted molar refractivity (Wildman–Crippen MR) is 97.4 cm³/mol. The zero-order valence-electron chi connectivity index (χ0n) is 14.6. The van der Waals surface area contributed by atoms with Crippen molar-refractivity contribution < 1.29 is 19.1 Å². The van der Waals surface area contributed by atoms with Gasteiger partial charge in [-0.15, -0.1) is 11.3 Å². The lowest BCUT2D eigenvalue weighted by molar-refractivity contribution is -0.160. The van der Waals surface area contributed by atoms with E-state index in [0.717, 1.165) is 19.3 Å². The first-order chi connectivity index (χ1) is 12.4. The molecule has 1 amide bonds. The van der Waals surface area contributed by atoms with Gasteiger partial charge in [-0.2, -0.15) is 0 Å². The molecule has 3 rings (SSSR count). The number of aliphatic carboxylic acids is 1. The second kappa shape index (κ2) is 7.53. The van der Waals surface area contributed by atoms with Crippen LogP contribution in [0.1, 0.15) is 37.8 Å². The number of nitrogens with zero attached hydrogens (tertiary/aromatic N) is 2. The number of hydrogen-bond donors (Lipinski definition) is 1. The van der Waals surface area contributed by atoms with Crippen LogP contribution in [0.5, 0.6) is 0 Å². The van der Waals surface area contributed by atoms with Crippen LogP contribution < -0.4 is 0 Å². The smallest absolute Gasteiger partial charge is 0.329 e. The molecule has 1 aliphatic rings. The van der Waals surface area contributed by atoms with Crippen molar-refractivity contribution in [2.24, 2.45) is 0 Å². The average molecular weight is 376 g/mol. The van der Waals surface area contributed by atoms with Crippen LogP contribution in [0, 0.1) is 5.82 Å². The van der Waals surface area contributed by atoms with E-state index in [0.29, 0.717) is 29.1 Å². The molecule has 0 unspecified atom stereocenters. The van der Waals surface area contributed by atoms with Crippen LogP contribution in [-0.4, -0.2) is 39.5 Å². The second-order valence-electron chi connectivity index (χ2n) is 6.68. The summed E-state index contributed by atoms with van der Waals surface area (Å²) in [5.74, 6) is -1.53. The Balaban J connectivity index is 1.74. The summed E-state index contributed by atoms with van der Waals surface area (Å²) in [5.41, 5.74) is 0.121. The first-order valence-corrected chi connectivity index (χ1v) is 9.51. The Kier molecular flexibility index (Phi) is 5.36. The number of benzene rings is 1. The van der Waals surface area contributed by atoms with Crippen molar-refractivity contribution in [3.8, 4) is 10.6 Å². The minimum absolute atomic E-state index is 0.0390. The number of thiazole rings is 1. The number of hydrogen-bond acceptors (Lipinski definition) is 4. The largest absolute Gasteiger partial charge is 0.479 e. The normalized spacial score (nSPS) is 16.2. The number of carbonyl (C=O) groups excluding carboxylic acids is 1. The number of rotatable bonds is 5. The molecule has 138 valence electrons. The summed E-state index contributed by atoms with van der Waals surface area (Å²) in [6.45, 7) is 0. The molecule has 1 aromatic heterocycles. The van der Waals surface area contributed by atoms with Crippen LogP contribution >= 0.6 is 11.3 Å². The summed E-state index contributed by atoms with van der Waals surface area (Å²) < 4.78 is 13.4. The lowest BCUT2D eigenvalue weighted by atomic mass is 9.80. The Bertz CT molecular complexity index is 815. The minimum Gasteiger partial charge on any atom is -0.479 e. The highest BCUT2D eigenvalue weighted by Crippen LogP contribution is 2.34. The van der Waals surface area contributed by atoms with Crippen LogP contribution in [0.2, 0.25) is 0 Å². The summed E-state index contributed by atoms with van der Waals surface area (Å²) in [6.07, 6.45) is 3.62. The van der Waals surface area contributed by atoms with Crippen molar-refractivity contribution in [2.45, 2.75) is 44.1 Å². The van der Waals surface area contributed by atoms with Crippen LogP contribution in [0.15, 0.2) is 29.6 Å². The molecule has 1 saturated carbocycles. The van der Waals surface area contributed by atoms with Gasteiger partial charge in [0, 0.05) is 18.0 Å². The number of likely N-dealkylation sites (N-methyl/N-ethyl adjacent to an activating group) is 1. The van der Waals surface area contributed by atoms with E-state index in [1.54, 1.807) is 24.6 Å². The molecule has 0 bridgehead atoms.